The van der Waals surface area contributed by atoms with Gasteiger partial charge >= 0.3 is 0 Å². The first-order valence-electron chi connectivity index (χ1n) is 9.17. The van der Waals surface area contributed by atoms with Crippen LogP contribution in [0, 0.1) is 20.8 Å². The van der Waals surface area contributed by atoms with Crippen molar-refractivity contribution in [3.8, 4) is 17.1 Å². The molecule has 2 aromatic heterocycles. The van der Waals surface area contributed by atoms with Gasteiger partial charge in [0.2, 0.25) is 0 Å². The highest BCUT2D eigenvalue weighted by Gasteiger charge is 2.27. The SMILES string of the molecule is Cc1cnc(C(=O)NCC2Cc3cccc(-c4nc(C)cc(C)n4)c3O2)cn1. The molecule has 0 saturated heterocycles. The Hall–Kier alpha value is -3.35. The third-order valence-corrected chi connectivity index (χ3v) is 4.56. The van der Waals surface area contributed by atoms with Crippen molar-refractivity contribution < 1.29 is 9.53 Å². The molecule has 1 aliphatic rings. The van der Waals surface area contributed by atoms with Gasteiger partial charge in [-0.15, -0.1) is 0 Å². The summed E-state index contributed by atoms with van der Waals surface area (Å²) in [7, 11) is 0. The minimum Gasteiger partial charge on any atom is -0.487 e. The van der Waals surface area contributed by atoms with Crippen molar-refractivity contribution >= 4 is 5.91 Å². The second-order valence-corrected chi connectivity index (χ2v) is 6.97. The molecule has 3 aromatic rings. The summed E-state index contributed by atoms with van der Waals surface area (Å²) in [6, 6.07) is 7.94. The van der Waals surface area contributed by atoms with Gasteiger partial charge < -0.3 is 10.1 Å². The van der Waals surface area contributed by atoms with Crippen LogP contribution in [0.1, 0.15) is 33.1 Å². The lowest BCUT2D eigenvalue weighted by molar-refractivity contribution is 0.0928. The molecule has 0 bridgehead atoms. The molecule has 0 saturated carbocycles. The fraction of sp³-hybridized carbons (Fsp3) is 0.286. The number of nitrogens with zero attached hydrogens (tertiary/aromatic N) is 4. The number of aromatic nitrogens is 4. The lowest BCUT2D eigenvalue weighted by Gasteiger charge is -2.13. The van der Waals surface area contributed by atoms with Gasteiger partial charge in [0.15, 0.2) is 5.82 Å². The van der Waals surface area contributed by atoms with Crippen LogP contribution >= 0.6 is 0 Å². The average molecular weight is 375 g/mol. The molecule has 1 unspecified atom stereocenters. The number of rotatable bonds is 4. The van der Waals surface area contributed by atoms with Gasteiger partial charge in [0.25, 0.3) is 5.91 Å². The van der Waals surface area contributed by atoms with Crippen LogP contribution in [-0.2, 0) is 6.42 Å². The van der Waals surface area contributed by atoms with Crippen LogP contribution in [-0.4, -0.2) is 38.5 Å². The predicted molar refractivity (Wildman–Crippen MR) is 104 cm³/mol. The van der Waals surface area contributed by atoms with Crippen LogP contribution in [0.25, 0.3) is 11.4 Å². The van der Waals surface area contributed by atoms with Crippen molar-refractivity contribution in [3.63, 3.8) is 0 Å². The molecule has 1 atom stereocenters. The Labute approximate surface area is 163 Å². The number of nitrogens with one attached hydrogen (secondary N) is 1. The van der Waals surface area contributed by atoms with E-state index < -0.39 is 0 Å². The molecule has 0 aliphatic carbocycles. The molecule has 1 aliphatic heterocycles. The number of para-hydroxylation sites is 1. The predicted octanol–water partition coefficient (Wildman–Crippen LogP) is 2.59. The molecule has 1 amide bonds. The Morgan fingerprint density at radius 1 is 1.11 bits per heavy atom. The lowest BCUT2D eigenvalue weighted by Crippen LogP contribution is -2.34. The summed E-state index contributed by atoms with van der Waals surface area (Å²) < 4.78 is 6.15. The van der Waals surface area contributed by atoms with Gasteiger partial charge in [-0.2, -0.15) is 0 Å². The van der Waals surface area contributed by atoms with Crippen molar-refractivity contribution in [3.05, 3.63) is 65.0 Å². The van der Waals surface area contributed by atoms with E-state index in [0.29, 0.717) is 24.5 Å². The number of benzene rings is 1. The van der Waals surface area contributed by atoms with Gasteiger partial charge in [-0.25, -0.2) is 15.0 Å². The average Bonchev–Trinajstić information content (AvgIpc) is 3.09. The smallest absolute Gasteiger partial charge is 0.271 e. The second kappa shape index (κ2) is 7.34. The number of fused-ring (bicyclic) bond motifs is 1. The van der Waals surface area contributed by atoms with E-state index in [-0.39, 0.29) is 12.0 Å². The molecule has 0 radical (unpaired) electrons. The number of hydrogen-bond acceptors (Lipinski definition) is 6. The molecule has 28 heavy (non-hydrogen) atoms. The highest BCUT2D eigenvalue weighted by atomic mass is 16.5. The van der Waals surface area contributed by atoms with E-state index in [1.54, 1.807) is 6.20 Å². The molecular formula is C21H21N5O2. The molecule has 0 spiro atoms. The number of carbonyl (C=O) groups excluding carboxylic acids is 1. The summed E-state index contributed by atoms with van der Waals surface area (Å²) in [4.78, 5) is 29.6. The first-order chi connectivity index (χ1) is 13.5. The van der Waals surface area contributed by atoms with Crippen LogP contribution in [0.15, 0.2) is 36.7 Å². The maximum Gasteiger partial charge on any atom is 0.271 e. The second-order valence-electron chi connectivity index (χ2n) is 6.97. The summed E-state index contributed by atoms with van der Waals surface area (Å²) in [6.07, 6.45) is 3.62. The van der Waals surface area contributed by atoms with Crippen LogP contribution in [0.5, 0.6) is 5.75 Å². The Balaban J connectivity index is 1.48. The molecule has 7 heteroatoms. The van der Waals surface area contributed by atoms with E-state index in [0.717, 1.165) is 34.0 Å². The third-order valence-electron chi connectivity index (χ3n) is 4.56. The van der Waals surface area contributed by atoms with Gasteiger partial charge in [-0.3, -0.25) is 9.78 Å². The minimum absolute atomic E-state index is 0.149. The zero-order chi connectivity index (χ0) is 19.7. The van der Waals surface area contributed by atoms with Crippen molar-refractivity contribution in [2.45, 2.75) is 33.3 Å². The zero-order valence-electron chi connectivity index (χ0n) is 16.1. The van der Waals surface area contributed by atoms with Crippen molar-refractivity contribution in [1.29, 1.82) is 0 Å². The normalized spacial score (nSPS) is 15.0. The standard InChI is InChI=1S/C21H21N5O2/c1-12-7-13(2)26-20(25-12)17-6-4-5-15-8-16(28-19(15)17)10-24-21(27)18-11-22-14(3)9-23-18/h4-7,9,11,16H,8,10H2,1-3H3,(H,24,27). The Morgan fingerprint density at radius 3 is 2.61 bits per heavy atom. The number of amides is 1. The van der Waals surface area contributed by atoms with Gasteiger partial charge in [0, 0.05) is 24.0 Å². The van der Waals surface area contributed by atoms with Gasteiger partial charge in [-0.05, 0) is 38.5 Å². The molecule has 142 valence electrons. The maximum atomic E-state index is 12.3. The monoisotopic (exact) mass is 375 g/mol. The summed E-state index contributed by atoms with van der Waals surface area (Å²) in [5, 5.41) is 2.87. The van der Waals surface area contributed by atoms with Crippen LogP contribution < -0.4 is 10.1 Å². The highest BCUT2D eigenvalue weighted by Crippen LogP contribution is 2.37. The fourth-order valence-electron chi connectivity index (χ4n) is 3.28. The fourth-order valence-corrected chi connectivity index (χ4v) is 3.28. The van der Waals surface area contributed by atoms with Crippen molar-refractivity contribution in [1.82, 2.24) is 25.3 Å². The number of aryl methyl sites for hydroxylation is 3. The lowest BCUT2D eigenvalue weighted by atomic mass is 10.1. The van der Waals surface area contributed by atoms with Crippen LogP contribution in [0.2, 0.25) is 0 Å². The number of carbonyl (C=O) groups is 1. The van der Waals surface area contributed by atoms with E-state index in [1.165, 1.54) is 6.20 Å². The van der Waals surface area contributed by atoms with E-state index in [1.807, 2.05) is 45.0 Å². The summed E-state index contributed by atoms with van der Waals surface area (Å²) in [6.45, 7) is 6.12. The molecule has 4 rings (SSSR count). The number of hydrogen-bond donors (Lipinski definition) is 1. The summed E-state index contributed by atoms with van der Waals surface area (Å²) in [5.74, 6) is 1.20. The molecular weight excluding hydrogens is 354 g/mol. The largest absolute Gasteiger partial charge is 0.487 e. The minimum atomic E-state index is -0.259. The number of ether oxygens (including phenoxy) is 1. The molecule has 0 fully saturated rings. The van der Waals surface area contributed by atoms with Gasteiger partial charge in [0.05, 0.1) is 24.0 Å². The Kier molecular flexibility index (Phi) is 4.73. The Morgan fingerprint density at radius 2 is 1.89 bits per heavy atom. The molecule has 1 N–H and O–H groups in total. The van der Waals surface area contributed by atoms with E-state index in [9.17, 15) is 4.79 Å². The Bertz CT molecular complexity index is 1010. The first kappa shape index (κ1) is 18.0. The van der Waals surface area contributed by atoms with Crippen LogP contribution in [0.3, 0.4) is 0 Å². The van der Waals surface area contributed by atoms with E-state index in [2.05, 4.69) is 25.3 Å². The van der Waals surface area contributed by atoms with Crippen molar-refractivity contribution in [2.24, 2.45) is 0 Å². The third kappa shape index (κ3) is 3.69. The zero-order valence-corrected chi connectivity index (χ0v) is 16.1. The molecule has 1 aromatic carbocycles. The maximum absolute atomic E-state index is 12.3. The summed E-state index contributed by atoms with van der Waals surface area (Å²) >= 11 is 0. The topological polar surface area (TPSA) is 89.9 Å². The molecule has 7 nitrogen and oxygen atoms in total. The quantitative estimate of drug-likeness (QED) is 0.754. The van der Waals surface area contributed by atoms with E-state index >= 15 is 0 Å². The van der Waals surface area contributed by atoms with Gasteiger partial charge in [-0.1, -0.05) is 12.1 Å². The first-order valence-corrected chi connectivity index (χ1v) is 9.17. The van der Waals surface area contributed by atoms with E-state index in [4.69, 9.17) is 4.74 Å². The highest BCUT2D eigenvalue weighted by molar-refractivity contribution is 5.91. The van der Waals surface area contributed by atoms with Gasteiger partial charge in [0.1, 0.15) is 17.5 Å². The van der Waals surface area contributed by atoms with Crippen LogP contribution in [0.4, 0.5) is 0 Å². The summed E-state index contributed by atoms with van der Waals surface area (Å²) in [5.41, 5.74) is 4.87. The molecule has 3 heterocycles. The van der Waals surface area contributed by atoms with Crippen molar-refractivity contribution in [2.75, 3.05) is 6.54 Å².